The minimum absolute atomic E-state index is 0.0271. The van der Waals surface area contributed by atoms with E-state index < -0.39 is 7.82 Å². The molecule has 0 fully saturated rings. The van der Waals surface area contributed by atoms with Gasteiger partial charge in [0.2, 0.25) is 11.5 Å². The third-order valence-corrected chi connectivity index (χ3v) is 8.20. The number of carbonyl (C=O) groups is 1. The number of ether oxygens (including phenoxy) is 5. The van der Waals surface area contributed by atoms with Crippen molar-refractivity contribution in [2.45, 2.75) is 13.2 Å². The van der Waals surface area contributed by atoms with Gasteiger partial charge in [-0.2, -0.15) is 0 Å². The van der Waals surface area contributed by atoms with Gasteiger partial charge in [-0.1, -0.05) is 66.7 Å². The van der Waals surface area contributed by atoms with Crippen LogP contribution in [-0.4, -0.2) is 40.8 Å². The van der Waals surface area contributed by atoms with Crippen LogP contribution in [0.2, 0.25) is 0 Å². The highest BCUT2D eigenvalue weighted by Crippen LogP contribution is 2.54. The van der Waals surface area contributed by atoms with Crippen molar-refractivity contribution in [3.63, 3.8) is 0 Å². The quantitative estimate of drug-likeness (QED) is 0.143. The number of methoxy groups -OCH3 is 4. The van der Waals surface area contributed by atoms with Gasteiger partial charge in [-0.15, -0.1) is 0 Å². The summed E-state index contributed by atoms with van der Waals surface area (Å²) in [7, 11) is 1.67. The molecule has 5 rings (SSSR count). The molecule has 10 nitrogen and oxygen atoms in total. The van der Waals surface area contributed by atoms with E-state index in [4.69, 9.17) is 37.3 Å². The van der Waals surface area contributed by atoms with Crippen molar-refractivity contribution in [1.29, 1.82) is 0 Å². The molecule has 45 heavy (non-hydrogen) atoms. The van der Waals surface area contributed by atoms with Crippen molar-refractivity contribution in [2.24, 2.45) is 0 Å². The molecule has 1 heterocycles. The number of benzene rings is 4. The average molecular weight is 633 g/mol. The molecule has 0 atom stereocenters. The van der Waals surface area contributed by atoms with Crippen LogP contribution in [0.4, 0.5) is 0 Å². The second kappa shape index (κ2) is 14.3. The van der Waals surface area contributed by atoms with E-state index in [-0.39, 0.29) is 42.9 Å². The molecule has 0 bridgehead atoms. The molecule has 1 aliphatic heterocycles. The minimum atomic E-state index is -4.24. The van der Waals surface area contributed by atoms with E-state index in [2.05, 4.69) is 0 Å². The Balaban J connectivity index is 1.55. The molecule has 0 aliphatic carbocycles. The summed E-state index contributed by atoms with van der Waals surface area (Å²) in [5.74, 6) is 1.31. The number of hydrogen-bond acceptors (Lipinski definition) is 10. The Labute approximate surface area is 261 Å². The lowest BCUT2D eigenvalue weighted by molar-refractivity contribution is -0.116. The van der Waals surface area contributed by atoms with Crippen molar-refractivity contribution < 1.29 is 46.6 Å². The minimum Gasteiger partial charge on any atom is -0.493 e. The van der Waals surface area contributed by atoms with Gasteiger partial charge in [0, 0.05) is 5.56 Å². The standard InChI is InChI=1S/C34H33O10P/c1-37-29-16-15-25(27-18-26(35)22-41-32-28(27)19-31(38-2)33(39-3)34(32)40-4)17-30(29)44-45(36,42-20-23-11-7-5-8-12-23)43-21-24-13-9-6-10-14-24/h5-19H,20-22H2,1-4H3. The summed E-state index contributed by atoms with van der Waals surface area (Å²) in [5, 5.41) is 0. The second-order valence-corrected chi connectivity index (χ2v) is 11.4. The van der Waals surface area contributed by atoms with E-state index in [1.54, 1.807) is 24.3 Å². The van der Waals surface area contributed by atoms with Crippen LogP contribution in [0.15, 0.2) is 91.0 Å². The van der Waals surface area contributed by atoms with Gasteiger partial charge in [0.1, 0.15) is 0 Å². The van der Waals surface area contributed by atoms with Gasteiger partial charge in [-0.25, -0.2) is 4.57 Å². The molecule has 0 amide bonds. The van der Waals surface area contributed by atoms with Crippen LogP contribution in [0.5, 0.6) is 34.5 Å². The molecule has 4 aromatic rings. The summed E-state index contributed by atoms with van der Waals surface area (Å²) in [5.41, 5.74) is 3.07. The van der Waals surface area contributed by atoms with E-state index in [9.17, 15) is 9.36 Å². The van der Waals surface area contributed by atoms with Gasteiger partial charge in [-0.3, -0.25) is 13.8 Å². The topological polar surface area (TPSA) is 108 Å². The monoisotopic (exact) mass is 632 g/mol. The first kappa shape index (κ1) is 31.7. The summed E-state index contributed by atoms with van der Waals surface area (Å²) in [6.45, 7) is -0.279. The highest BCUT2D eigenvalue weighted by atomic mass is 31.2. The van der Waals surface area contributed by atoms with Crippen LogP contribution >= 0.6 is 7.82 Å². The molecule has 0 saturated heterocycles. The van der Waals surface area contributed by atoms with Crippen LogP contribution in [-0.2, 0) is 31.6 Å². The number of phosphoric acid groups is 1. The number of phosphoric ester groups is 1. The zero-order chi connectivity index (χ0) is 31.8. The van der Waals surface area contributed by atoms with E-state index in [0.717, 1.165) is 11.1 Å². The fourth-order valence-electron chi connectivity index (χ4n) is 4.72. The molecule has 11 heteroatoms. The molecule has 0 unspecified atom stereocenters. The molecule has 0 spiro atoms. The summed E-state index contributed by atoms with van der Waals surface area (Å²) >= 11 is 0. The van der Waals surface area contributed by atoms with E-state index in [0.29, 0.717) is 33.9 Å². The van der Waals surface area contributed by atoms with Crippen molar-refractivity contribution in [1.82, 2.24) is 0 Å². The molecule has 4 aromatic carbocycles. The first-order valence-electron chi connectivity index (χ1n) is 13.9. The second-order valence-electron chi connectivity index (χ2n) is 9.76. The largest absolute Gasteiger partial charge is 0.530 e. The number of hydrogen-bond donors (Lipinski definition) is 0. The molecule has 0 aromatic heterocycles. The van der Waals surface area contributed by atoms with Crippen LogP contribution in [0.25, 0.3) is 5.57 Å². The van der Waals surface area contributed by atoms with Crippen molar-refractivity contribution in [3.05, 3.63) is 113 Å². The lowest BCUT2D eigenvalue weighted by atomic mass is 9.95. The van der Waals surface area contributed by atoms with Gasteiger partial charge in [-0.05, 0) is 46.5 Å². The van der Waals surface area contributed by atoms with Crippen LogP contribution in [0, 0.1) is 0 Å². The van der Waals surface area contributed by atoms with Crippen LogP contribution in [0.1, 0.15) is 22.3 Å². The van der Waals surface area contributed by atoms with Crippen LogP contribution in [0.3, 0.4) is 0 Å². The number of fused-ring (bicyclic) bond motifs is 1. The van der Waals surface area contributed by atoms with E-state index in [1.807, 2.05) is 60.7 Å². The predicted octanol–water partition coefficient (Wildman–Crippen LogP) is 7.03. The van der Waals surface area contributed by atoms with Gasteiger partial charge in [0.25, 0.3) is 0 Å². The Morgan fingerprint density at radius 1 is 0.689 bits per heavy atom. The zero-order valence-electron chi connectivity index (χ0n) is 25.3. The molecule has 0 N–H and O–H groups in total. The highest BCUT2D eigenvalue weighted by Gasteiger charge is 2.32. The third-order valence-electron chi connectivity index (χ3n) is 6.89. The lowest BCUT2D eigenvalue weighted by Crippen LogP contribution is -2.08. The van der Waals surface area contributed by atoms with Crippen molar-refractivity contribution in [3.8, 4) is 34.5 Å². The molecular weight excluding hydrogens is 599 g/mol. The Kier molecular flexibility index (Phi) is 10.1. The van der Waals surface area contributed by atoms with Crippen molar-refractivity contribution >= 4 is 19.2 Å². The smallest absolute Gasteiger partial charge is 0.493 e. The zero-order valence-corrected chi connectivity index (χ0v) is 26.2. The normalized spacial score (nSPS) is 12.7. The van der Waals surface area contributed by atoms with Gasteiger partial charge < -0.3 is 28.2 Å². The van der Waals surface area contributed by atoms with Crippen LogP contribution < -0.4 is 28.2 Å². The number of ketones is 1. The maximum Gasteiger partial charge on any atom is 0.530 e. The summed E-state index contributed by atoms with van der Waals surface area (Å²) < 4.78 is 60.0. The molecule has 1 aliphatic rings. The van der Waals surface area contributed by atoms with E-state index in [1.165, 1.54) is 34.5 Å². The van der Waals surface area contributed by atoms with Gasteiger partial charge in [0.15, 0.2) is 35.4 Å². The maximum atomic E-state index is 14.2. The third kappa shape index (κ3) is 7.32. The average Bonchev–Trinajstić information content (AvgIpc) is 3.24. The SMILES string of the molecule is COc1ccc(C2=CC(=O)COc3c2cc(OC)c(OC)c3OC)cc1OP(=O)(OCc1ccccc1)OCc1ccccc1. The van der Waals surface area contributed by atoms with Crippen molar-refractivity contribution in [2.75, 3.05) is 35.0 Å². The van der Waals surface area contributed by atoms with E-state index >= 15 is 0 Å². The summed E-state index contributed by atoms with van der Waals surface area (Å²) in [6.07, 6.45) is 1.46. The number of carbonyl (C=O) groups excluding carboxylic acids is 1. The van der Waals surface area contributed by atoms with Gasteiger partial charge >= 0.3 is 7.82 Å². The van der Waals surface area contributed by atoms with Gasteiger partial charge in [0.05, 0.1) is 41.7 Å². The Bertz CT molecular complexity index is 1670. The molecule has 234 valence electrons. The Morgan fingerprint density at radius 3 is 1.84 bits per heavy atom. The maximum absolute atomic E-state index is 14.2. The Hall–Kier alpha value is -4.76. The molecular formula is C34H33O10P. The fraction of sp³-hybridized carbons (Fsp3) is 0.206. The lowest BCUT2D eigenvalue weighted by Gasteiger charge is -2.22. The highest BCUT2D eigenvalue weighted by molar-refractivity contribution is 7.48. The fourth-order valence-corrected chi connectivity index (χ4v) is 5.90. The number of rotatable bonds is 13. The molecule has 0 radical (unpaired) electrons. The Morgan fingerprint density at radius 2 is 1.29 bits per heavy atom. The molecule has 0 saturated carbocycles. The first-order valence-corrected chi connectivity index (χ1v) is 15.4. The predicted molar refractivity (Wildman–Crippen MR) is 167 cm³/mol. The summed E-state index contributed by atoms with van der Waals surface area (Å²) in [6, 6.07) is 25.2. The first-order chi connectivity index (χ1) is 21.9. The summed E-state index contributed by atoms with van der Waals surface area (Å²) in [4.78, 5) is 12.9.